The lowest BCUT2D eigenvalue weighted by molar-refractivity contribution is -0.144. The molecule has 150 valence electrons. The third kappa shape index (κ3) is 3.50. The summed E-state index contributed by atoms with van der Waals surface area (Å²) in [6, 6.07) is 5.09. The minimum Gasteiger partial charge on any atom is -0.468 e. The van der Waals surface area contributed by atoms with E-state index in [0.29, 0.717) is 17.8 Å². The van der Waals surface area contributed by atoms with Crippen LogP contribution in [0.3, 0.4) is 0 Å². The van der Waals surface area contributed by atoms with Gasteiger partial charge < -0.3 is 4.74 Å². The first kappa shape index (κ1) is 20.3. The summed E-state index contributed by atoms with van der Waals surface area (Å²) in [6.07, 6.45) is -3.96. The molecule has 2 atom stereocenters. The Bertz CT molecular complexity index is 896. The number of allylic oxidation sites excluding steroid dienone is 2. The highest BCUT2D eigenvalue weighted by molar-refractivity contribution is 6.09. The van der Waals surface area contributed by atoms with Gasteiger partial charge in [-0.05, 0) is 30.4 Å². The van der Waals surface area contributed by atoms with E-state index >= 15 is 0 Å². The largest absolute Gasteiger partial charge is 0.468 e. The molecule has 1 aromatic carbocycles. The Hall–Kier alpha value is -2.44. The van der Waals surface area contributed by atoms with Crippen LogP contribution in [-0.4, -0.2) is 24.6 Å². The topological polar surface area (TPSA) is 55.7 Å². The summed E-state index contributed by atoms with van der Waals surface area (Å²) >= 11 is 0. The van der Waals surface area contributed by atoms with Crippen molar-refractivity contribution in [2.24, 2.45) is 16.3 Å². The number of ketones is 1. The Kier molecular flexibility index (Phi) is 4.98. The van der Waals surface area contributed by atoms with E-state index in [1.165, 1.54) is 25.3 Å². The van der Waals surface area contributed by atoms with E-state index < -0.39 is 29.5 Å². The zero-order valence-corrected chi connectivity index (χ0v) is 16.2. The quantitative estimate of drug-likeness (QED) is 0.685. The van der Waals surface area contributed by atoms with Crippen LogP contribution in [0.1, 0.15) is 50.7 Å². The molecule has 0 saturated carbocycles. The van der Waals surface area contributed by atoms with Gasteiger partial charge in [0.25, 0.3) is 0 Å². The number of aliphatic imine (C=N–C) groups is 1. The number of nitrogens with zero attached hydrogens (tertiary/aromatic N) is 1. The Morgan fingerprint density at radius 1 is 1.21 bits per heavy atom. The summed E-state index contributed by atoms with van der Waals surface area (Å²) in [7, 11) is 1.18. The number of esters is 1. The number of carbonyl (C=O) groups excluding carboxylic acids is 2. The van der Waals surface area contributed by atoms with Gasteiger partial charge in [0.05, 0.1) is 12.7 Å². The van der Waals surface area contributed by atoms with Crippen molar-refractivity contribution in [1.82, 2.24) is 0 Å². The van der Waals surface area contributed by atoms with Crippen molar-refractivity contribution in [2.75, 3.05) is 7.11 Å². The van der Waals surface area contributed by atoms with E-state index in [9.17, 15) is 22.8 Å². The summed E-state index contributed by atoms with van der Waals surface area (Å²) in [5.74, 6) is -3.11. The van der Waals surface area contributed by atoms with Crippen molar-refractivity contribution in [3.05, 3.63) is 46.7 Å². The Balaban J connectivity index is 2.29. The summed E-state index contributed by atoms with van der Waals surface area (Å²) in [6.45, 7) is 5.44. The summed E-state index contributed by atoms with van der Waals surface area (Å²) in [5.41, 5.74) is -0.254. The number of Topliss-reactive ketones (excluding diaryl/α,β-unsaturated/α-hetero) is 1. The van der Waals surface area contributed by atoms with E-state index in [1.807, 2.05) is 13.8 Å². The van der Waals surface area contributed by atoms with E-state index in [-0.39, 0.29) is 28.8 Å². The van der Waals surface area contributed by atoms with Gasteiger partial charge in [0, 0.05) is 29.3 Å². The number of rotatable bonds is 2. The van der Waals surface area contributed by atoms with Gasteiger partial charge in [0.2, 0.25) is 0 Å². The molecule has 7 heteroatoms. The molecule has 0 aromatic heterocycles. The lowest BCUT2D eigenvalue weighted by Crippen LogP contribution is -2.40. The normalized spacial score (nSPS) is 24.5. The summed E-state index contributed by atoms with van der Waals surface area (Å²) in [4.78, 5) is 30.0. The zero-order chi connectivity index (χ0) is 20.9. The number of hydrogen-bond donors (Lipinski definition) is 0. The van der Waals surface area contributed by atoms with Gasteiger partial charge in [-0.25, -0.2) is 0 Å². The third-order valence-corrected chi connectivity index (χ3v) is 5.36. The molecule has 28 heavy (non-hydrogen) atoms. The number of methoxy groups -OCH3 is 1. The van der Waals surface area contributed by atoms with Crippen molar-refractivity contribution in [1.29, 1.82) is 0 Å². The molecule has 1 unspecified atom stereocenters. The van der Waals surface area contributed by atoms with Gasteiger partial charge in [-0.1, -0.05) is 32.0 Å². The minimum atomic E-state index is -4.61. The van der Waals surface area contributed by atoms with Gasteiger partial charge in [-0.15, -0.1) is 0 Å². The molecular weight excluding hydrogens is 371 g/mol. The van der Waals surface area contributed by atoms with Crippen molar-refractivity contribution in [3.8, 4) is 0 Å². The average molecular weight is 393 g/mol. The molecule has 0 N–H and O–H groups in total. The second-order valence-electron chi connectivity index (χ2n) is 8.12. The molecule has 0 spiro atoms. The highest BCUT2D eigenvalue weighted by atomic mass is 19.4. The fraction of sp³-hybridized carbons (Fsp3) is 0.476. The van der Waals surface area contributed by atoms with E-state index in [1.54, 1.807) is 6.92 Å². The number of carbonyl (C=O) groups is 2. The van der Waals surface area contributed by atoms with Crippen LogP contribution in [0.25, 0.3) is 0 Å². The van der Waals surface area contributed by atoms with E-state index in [2.05, 4.69) is 4.99 Å². The Morgan fingerprint density at radius 2 is 1.86 bits per heavy atom. The fourth-order valence-electron chi connectivity index (χ4n) is 4.24. The van der Waals surface area contributed by atoms with Gasteiger partial charge in [-0.2, -0.15) is 13.2 Å². The van der Waals surface area contributed by atoms with Crippen LogP contribution in [0.5, 0.6) is 0 Å². The van der Waals surface area contributed by atoms with Crippen LogP contribution >= 0.6 is 0 Å². The van der Waals surface area contributed by atoms with Gasteiger partial charge >= 0.3 is 12.1 Å². The highest BCUT2D eigenvalue weighted by Crippen LogP contribution is 2.50. The second kappa shape index (κ2) is 6.87. The maximum Gasteiger partial charge on any atom is 0.416 e. The van der Waals surface area contributed by atoms with Gasteiger partial charge in [-0.3, -0.25) is 14.6 Å². The molecule has 1 aromatic rings. The van der Waals surface area contributed by atoms with Crippen LogP contribution in [0.15, 0.2) is 40.5 Å². The Morgan fingerprint density at radius 3 is 2.46 bits per heavy atom. The fourth-order valence-corrected chi connectivity index (χ4v) is 4.24. The molecule has 0 bridgehead atoms. The molecule has 1 aliphatic carbocycles. The Labute approximate surface area is 161 Å². The first-order valence-corrected chi connectivity index (χ1v) is 9.01. The van der Waals surface area contributed by atoms with Crippen molar-refractivity contribution in [3.63, 3.8) is 0 Å². The van der Waals surface area contributed by atoms with E-state index in [0.717, 1.165) is 6.07 Å². The minimum absolute atomic E-state index is 0.0970. The molecule has 0 radical (unpaired) electrons. The standard InChI is InChI=1S/C21H22F3NO3/c1-11-16(19(27)28-4)17(12-7-5-6-8-13(12)21(22,23)24)18-14(25-11)9-20(2,3)10-15(18)26/h5-8,16-17H,9-10H2,1-4H3/t16?,17-/m0/s1. The predicted molar refractivity (Wildman–Crippen MR) is 97.8 cm³/mol. The van der Waals surface area contributed by atoms with E-state index in [4.69, 9.17) is 4.74 Å². The molecular formula is C21H22F3NO3. The summed E-state index contributed by atoms with van der Waals surface area (Å²) in [5, 5.41) is 0. The smallest absolute Gasteiger partial charge is 0.416 e. The van der Waals surface area contributed by atoms with Crippen molar-refractivity contribution in [2.45, 2.75) is 45.7 Å². The molecule has 0 amide bonds. The second-order valence-corrected chi connectivity index (χ2v) is 8.12. The number of alkyl halides is 3. The molecule has 4 nitrogen and oxygen atoms in total. The third-order valence-electron chi connectivity index (χ3n) is 5.36. The molecule has 3 rings (SSSR count). The number of hydrogen-bond acceptors (Lipinski definition) is 4. The monoisotopic (exact) mass is 393 g/mol. The first-order chi connectivity index (χ1) is 13.0. The van der Waals surface area contributed by atoms with Crippen LogP contribution < -0.4 is 0 Å². The maximum atomic E-state index is 13.7. The summed E-state index contributed by atoms with van der Waals surface area (Å²) < 4.78 is 46.0. The lowest BCUT2D eigenvalue weighted by Gasteiger charge is -2.39. The molecule has 1 heterocycles. The van der Waals surface area contributed by atoms with Gasteiger partial charge in [0.1, 0.15) is 5.92 Å². The highest BCUT2D eigenvalue weighted by Gasteiger charge is 2.48. The molecule has 0 saturated heterocycles. The first-order valence-electron chi connectivity index (χ1n) is 9.01. The number of halogens is 3. The number of benzene rings is 1. The molecule has 1 aliphatic heterocycles. The van der Waals surface area contributed by atoms with Crippen LogP contribution in [0, 0.1) is 11.3 Å². The SMILES string of the molecule is COC(=O)C1C(C)=NC2=C(C(=O)CC(C)(C)C2)[C@H]1c1ccccc1C(F)(F)F. The van der Waals surface area contributed by atoms with Crippen molar-refractivity contribution >= 4 is 17.5 Å². The maximum absolute atomic E-state index is 13.7. The molecule has 2 aliphatic rings. The van der Waals surface area contributed by atoms with Gasteiger partial charge in [0.15, 0.2) is 5.78 Å². The van der Waals surface area contributed by atoms with Crippen LogP contribution in [0.4, 0.5) is 13.2 Å². The van der Waals surface area contributed by atoms with Crippen LogP contribution in [-0.2, 0) is 20.5 Å². The van der Waals surface area contributed by atoms with Crippen molar-refractivity contribution < 1.29 is 27.5 Å². The number of ether oxygens (including phenoxy) is 1. The molecule has 0 fully saturated rings. The average Bonchev–Trinajstić information content (AvgIpc) is 2.58. The zero-order valence-electron chi connectivity index (χ0n) is 16.2. The van der Waals surface area contributed by atoms with Crippen LogP contribution in [0.2, 0.25) is 0 Å². The lowest BCUT2D eigenvalue weighted by atomic mass is 9.66. The predicted octanol–water partition coefficient (Wildman–Crippen LogP) is 4.70.